The second-order valence-electron chi connectivity index (χ2n) is 6.16. The molecule has 20 heavy (non-hydrogen) atoms. The van der Waals surface area contributed by atoms with Crippen molar-refractivity contribution in [2.75, 3.05) is 44.9 Å². The van der Waals surface area contributed by atoms with Crippen LogP contribution in [-0.2, 0) is 4.79 Å². The molecule has 1 atom stereocenters. The highest BCUT2D eigenvalue weighted by atomic mass is 32.2. The number of carbonyl (C=O) groups excluding carboxylic acids is 1. The van der Waals surface area contributed by atoms with Crippen LogP contribution >= 0.6 is 11.8 Å². The molecule has 0 aromatic rings. The van der Waals surface area contributed by atoms with Gasteiger partial charge in [0.1, 0.15) is 0 Å². The third-order valence-electron chi connectivity index (χ3n) is 4.40. The smallest absolute Gasteiger partial charge is 0.240 e. The van der Waals surface area contributed by atoms with E-state index < -0.39 is 0 Å². The lowest BCUT2D eigenvalue weighted by Gasteiger charge is -2.35. The number of amides is 1. The largest absolute Gasteiger partial charge is 0.341 e. The minimum absolute atomic E-state index is 0.0729. The van der Waals surface area contributed by atoms with Crippen LogP contribution in [0.1, 0.15) is 32.6 Å². The fourth-order valence-corrected chi connectivity index (χ4v) is 4.00. The summed E-state index contributed by atoms with van der Waals surface area (Å²) in [7, 11) is 2.23. The van der Waals surface area contributed by atoms with Crippen molar-refractivity contribution < 1.29 is 4.79 Å². The van der Waals surface area contributed by atoms with Gasteiger partial charge in [0.15, 0.2) is 0 Å². The van der Waals surface area contributed by atoms with Crippen molar-refractivity contribution in [2.45, 2.75) is 38.6 Å². The number of carbonyl (C=O) groups is 1. The van der Waals surface area contributed by atoms with E-state index in [0.29, 0.717) is 5.91 Å². The van der Waals surface area contributed by atoms with Gasteiger partial charge in [0.2, 0.25) is 5.91 Å². The zero-order chi connectivity index (χ0) is 14.4. The minimum atomic E-state index is 0.0729. The zero-order valence-corrected chi connectivity index (χ0v) is 13.8. The van der Waals surface area contributed by atoms with Gasteiger partial charge in [-0.05, 0) is 38.8 Å². The Hall–Kier alpha value is -0.260. The summed E-state index contributed by atoms with van der Waals surface area (Å²) >= 11 is 1.83. The molecule has 1 N–H and O–H groups in total. The Labute approximate surface area is 127 Å². The summed E-state index contributed by atoms with van der Waals surface area (Å²) in [5.74, 6) is 2.97. The first-order valence-electron chi connectivity index (χ1n) is 7.99. The second-order valence-corrected chi connectivity index (χ2v) is 7.19. The number of thioether (sulfide) groups is 1. The van der Waals surface area contributed by atoms with Gasteiger partial charge in [0, 0.05) is 31.3 Å². The number of rotatable bonds is 6. The van der Waals surface area contributed by atoms with Crippen molar-refractivity contribution in [1.82, 2.24) is 15.1 Å². The molecule has 4 nitrogen and oxygen atoms in total. The molecule has 2 aliphatic rings. The molecule has 5 heteroatoms. The normalized spacial score (nSPS) is 24.6. The van der Waals surface area contributed by atoms with E-state index in [9.17, 15) is 4.79 Å². The van der Waals surface area contributed by atoms with E-state index in [-0.39, 0.29) is 6.04 Å². The van der Waals surface area contributed by atoms with E-state index in [4.69, 9.17) is 0 Å². The summed E-state index contributed by atoms with van der Waals surface area (Å²) in [4.78, 5) is 16.8. The molecular formula is C15H29N3OS. The van der Waals surface area contributed by atoms with Gasteiger partial charge in [-0.1, -0.05) is 13.3 Å². The van der Waals surface area contributed by atoms with E-state index in [1.807, 2.05) is 11.8 Å². The molecule has 0 aromatic carbocycles. The van der Waals surface area contributed by atoms with E-state index >= 15 is 0 Å². The highest BCUT2D eigenvalue weighted by Crippen LogP contribution is 2.20. The maximum atomic E-state index is 12.3. The van der Waals surface area contributed by atoms with Gasteiger partial charge < -0.3 is 9.80 Å². The second kappa shape index (κ2) is 8.25. The molecule has 0 radical (unpaired) electrons. The Bertz CT molecular complexity index is 299. The predicted octanol–water partition coefficient (Wildman–Crippen LogP) is 1.62. The van der Waals surface area contributed by atoms with Crippen LogP contribution < -0.4 is 5.32 Å². The van der Waals surface area contributed by atoms with Crippen LogP contribution in [0, 0.1) is 5.92 Å². The minimum Gasteiger partial charge on any atom is -0.341 e. The van der Waals surface area contributed by atoms with Crippen molar-refractivity contribution in [3.8, 4) is 0 Å². The van der Waals surface area contributed by atoms with Crippen molar-refractivity contribution in [3.05, 3.63) is 0 Å². The molecule has 2 heterocycles. The van der Waals surface area contributed by atoms with Gasteiger partial charge >= 0.3 is 0 Å². The third-order valence-corrected chi connectivity index (χ3v) is 5.34. The molecule has 0 spiro atoms. The van der Waals surface area contributed by atoms with Gasteiger partial charge in [-0.25, -0.2) is 0 Å². The van der Waals surface area contributed by atoms with Gasteiger partial charge in [-0.15, -0.1) is 11.8 Å². The molecule has 2 rings (SSSR count). The monoisotopic (exact) mass is 299 g/mol. The fourth-order valence-electron chi connectivity index (χ4n) is 3.07. The molecule has 0 aromatic heterocycles. The zero-order valence-electron chi connectivity index (χ0n) is 12.9. The van der Waals surface area contributed by atoms with Crippen molar-refractivity contribution >= 4 is 17.7 Å². The molecule has 2 aliphatic heterocycles. The number of hydrogen-bond donors (Lipinski definition) is 1. The van der Waals surface area contributed by atoms with Gasteiger partial charge in [-0.3, -0.25) is 10.1 Å². The highest BCUT2D eigenvalue weighted by molar-refractivity contribution is 7.99. The highest BCUT2D eigenvalue weighted by Gasteiger charge is 2.30. The average molecular weight is 299 g/mol. The Morgan fingerprint density at radius 3 is 2.75 bits per heavy atom. The van der Waals surface area contributed by atoms with Crippen LogP contribution in [0.4, 0.5) is 0 Å². The summed E-state index contributed by atoms with van der Waals surface area (Å²) in [6.45, 7) is 6.55. The third kappa shape index (κ3) is 4.64. The molecule has 2 saturated heterocycles. The number of nitrogens with zero attached hydrogens (tertiary/aromatic N) is 2. The molecule has 2 fully saturated rings. The first-order valence-corrected chi connectivity index (χ1v) is 9.14. The Morgan fingerprint density at radius 2 is 2.15 bits per heavy atom. The van der Waals surface area contributed by atoms with Crippen LogP contribution in [-0.4, -0.2) is 66.6 Å². The van der Waals surface area contributed by atoms with E-state index in [1.54, 1.807) is 0 Å². The predicted molar refractivity (Wildman–Crippen MR) is 86.0 cm³/mol. The van der Waals surface area contributed by atoms with E-state index in [1.165, 1.54) is 38.8 Å². The van der Waals surface area contributed by atoms with Crippen molar-refractivity contribution in [1.29, 1.82) is 0 Å². The van der Waals surface area contributed by atoms with Crippen LogP contribution in [0.3, 0.4) is 0 Å². The molecule has 1 amide bonds. The summed E-state index contributed by atoms with van der Waals surface area (Å²) in [6.07, 6.45) is 4.90. The maximum Gasteiger partial charge on any atom is 0.240 e. The molecule has 0 aliphatic carbocycles. The standard InChI is InChI=1S/C15H29N3OS/c1-3-4-7-17(2)10-13-5-8-18(9-6-13)15(19)14-11-20-12-16-14/h13-14,16H,3-12H2,1-2H3. The number of hydrogen-bond acceptors (Lipinski definition) is 4. The van der Waals surface area contributed by atoms with Gasteiger partial charge in [0.25, 0.3) is 0 Å². The first-order chi connectivity index (χ1) is 9.70. The molecule has 1 unspecified atom stereocenters. The van der Waals surface area contributed by atoms with Crippen molar-refractivity contribution in [2.24, 2.45) is 5.92 Å². The number of unbranched alkanes of at least 4 members (excludes halogenated alkanes) is 1. The lowest BCUT2D eigenvalue weighted by atomic mass is 9.96. The quantitative estimate of drug-likeness (QED) is 0.808. The van der Waals surface area contributed by atoms with Crippen LogP contribution in [0.25, 0.3) is 0 Å². The summed E-state index contributed by atoms with van der Waals surface area (Å²) < 4.78 is 0. The molecular weight excluding hydrogens is 270 g/mol. The Morgan fingerprint density at radius 1 is 1.40 bits per heavy atom. The summed E-state index contributed by atoms with van der Waals surface area (Å²) in [6, 6.07) is 0.0729. The fraction of sp³-hybridized carbons (Fsp3) is 0.933. The van der Waals surface area contributed by atoms with Gasteiger partial charge in [-0.2, -0.15) is 0 Å². The summed E-state index contributed by atoms with van der Waals surface area (Å²) in [5.41, 5.74) is 0. The van der Waals surface area contributed by atoms with E-state index in [0.717, 1.165) is 30.6 Å². The lowest BCUT2D eigenvalue weighted by molar-refractivity contribution is -0.134. The van der Waals surface area contributed by atoms with E-state index in [2.05, 4.69) is 29.1 Å². The van der Waals surface area contributed by atoms with Gasteiger partial charge in [0.05, 0.1) is 6.04 Å². The van der Waals surface area contributed by atoms with Crippen LogP contribution in [0.15, 0.2) is 0 Å². The van der Waals surface area contributed by atoms with Crippen molar-refractivity contribution in [3.63, 3.8) is 0 Å². The molecule has 0 saturated carbocycles. The topological polar surface area (TPSA) is 35.6 Å². The molecule has 116 valence electrons. The SMILES string of the molecule is CCCCN(C)CC1CCN(C(=O)C2CSCN2)CC1. The number of nitrogens with one attached hydrogen (secondary N) is 1. The maximum absolute atomic E-state index is 12.3. The average Bonchev–Trinajstić information content (AvgIpc) is 2.99. The lowest BCUT2D eigenvalue weighted by Crippen LogP contribution is -2.48. The molecule has 0 bridgehead atoms. The Kier molecular flexibility index (Phi) is 6.65. The Balaban J connectivity index is 1.68. The first kappa shape index (κ1) is 16.1. The van der Waals surface area contributed by atoms with Crippen LogP contribution in [0.5, 0.6) is 0 Å². The number of piperidine rings is 1. The summed E-state index contributed by atoms with van der Waals surface area (Å²) in [5, 5.41) is 3.28. The van der Waals surface area contributed by atoms with Crippen LogP contribution in [0.2, 0.25) is 0 Å². The number of likely N-dealkylation sites (tertiary alicyclic amines) is 1.